The van der Waals surface area contributed by atoms with Crippen molar-refractivity contribution < 1.29 is 0 Å². The minimum atomic E-state index is 0.460. The van der Waals surface area contributed by atoms with Gasteiger partial charge in [-0.3, -0.25) is 4.90 Å². The van der Waals surface area contributed by atoms with Crippen LogP contribution in [0.5, 0.6) is 0 Å². The lowest BCUT2D eigenvalue weighted by Crippen LogP contribution is -2.38. The van der Waals surface area contributed by atoms with E-state index in [0.29, 0.717) is 12.1 Å². The van der Waals surface area contributed by atoms with Gasteiger partial charge in [-0.15, -0.1) is 0 Å². The first-order chi connectivity index (χ1) is 8.22. The van der Waals surface area contributed by atoms with Gasteiger partial charge in [-0.2, -0.15) is 0 Å². The molecular weight excluding hydrogens is 232 g/mol. The molecule has 2 atom stereocenters. The summed E-state index contributed by atoms with van der Waals surface area (Å²) in [6.45, 7) is 7.88. The largest absolute Gasteiger partial charge is 0.315 e. The average Bonchev–Trinajstić information content (AvgIpc) is 2.84. The molecule has 2 unspecified atom stereocenters. The standard InChI is InChI=1S/C14H21ClN2/c1-3-17(14-8-9-16-10-14)11(2)12-4-6-13(15)7-5-12/h4-7,11,14,16H,3,8-10H2,1-2H3. The maximum Gasteiger partial charge on any atom is 0.0406 e. The Kier molecular flexibility index (Phi) is 4.43. The quantitative estimate of drug-likeness (QED) is 0.886. The van der Waals surface area contributed by atoms with Gasteiger partial charge in [0.1, 0.15) is 0 Å². The first-order valence-electron chi connectivity index (χ1n) is 6.44. The normalized spacial score (nSPS) is 22.0. The summed E-state index contributed by atoms with van der Waals surface area (Å²) in [6, 6.07) is 9.37. The lowest BCUT2D eigenvalue weighted by molar-refractivity contribution is 0.163. The molecule has 2 nitrogen and oxygen atoms in total. The number of likely N-dealkylation sites (N-methyl/N-ethyl adjacent to an activating group) is 1. The Labute approximate surface area is 109 Å². The summed E-state index contributed by atoms with van der Waals surface area (Å²) >= 11 is 5.93. The van der Waals surface area contributed by atoms with Crippen LogP contribution in [0.4, 0.5) is 0 Å². The van der Waals surface area contributed by atoms with Crippen LogP contribution in [0.2, 0.25) is 5.02 Å². The molecule has 0 radical (unpaired) electrons. The van der Waals surface area contributed by atoms with Gasteiger partial charge in [-0.1, -0.05) is 30.7 Å². The van der Waals surface area contributed by atoms with Crippen molar-refractivity contribution in [2.24, 2.45) is 0 Å². The Hall–Kier alpha value is -0.570. The molecule has 1 fully saturated rings. The van der Waals surface area contributed by atoms with E-state index in [0.717, 1.165) is 24.7 Å². The lowest BCUT2D eigenvalue weighted by atomic mass is 10.0. The van der Waals surface area contributed by atoms with Gasteiger partial charge in [0, 0.05) is 23.7 Å². The molecule has 17 heavy (non-hydrogen) atoms. The monoisotopic (exact) mass is 252 g/mol. The summed E-state index contributed by atoms with van der Waals surface area (Å²) in [7, 11) is 0. The Bertz CT molecular complexity index is 344. The van der Waals surface area contributed by atoms with Crippen molar-refractivity contribution in [2.45, 2.75) is 32.4 Å². The van der Waals surface area contributed by atoms with E-state index in [2.05, 4.69) is 36.2 Å². The second-order valence-electron chi connectivity index (χ2n) is 4.70. The molecule has 0 aliphatic carbocycles. The summed E-state index contributed by atoms with van der Waals surface area (Å²) in [5, 5.41) is 4.25. The molecule has 0 amide bonds. The molecule has 1 N–H and O–H groups in total. The zero-order chi connectivity index (χ0) is 12.3. The van der Waals surface area contributed by atoms with E-state index in [1.165, 1.54) is 12.0 Å². The average molecular weight is 253 g/mol. The second kappa shape index (κ2) is 5.85. The van der Waals surface area contributed by atoms with E-state index in [9.17, 15) is 0 Å². The fourth-order valence-corrected chi connectivity index (χ4v) is 2.83. The number of nitrogens with zero attached hydrogens (tertiary/aromatic N) is 1. The molecule has 1 saturated heterocycles. The summed E-state index contributed by atoms with van der Waals surface area (Å²) in [6.07, 6.45) is 1.26. The van der Waals surface area contributed by atoms with E-state index in [4.69, 9.17) is 11.6 Å². The summed E-state index contributed by atoms with van der Waals surface area (Å²) in [5.74, 6) is 0. The van der Waals surface area contributed by atoms with Gasteiger partial charge in [-0.05, 0) is 44.1 Å². The van der Waals surface area contributed by atoms with Crippen molar-refractivity contribution in [2.75, 3.05) is 19.6 Å². The minimum absolute atomic E-state index is 0.460. The third-order valence-corrected chi connectivity index (χ3v) is 3.97. The van der Waals surface area contributed by atoms with E-state index in [-0.39, 0.29) is 0 Å². The smallest absolute Gasteiger partial charge is 0.0406 e. The van der Waals surface area contributed by atoms with E-state index < -0.39 is 0 Å². The van der Waals surface area contributed by atoms with E-state index in [1.807, 2.05) is 12.1 Å². The second-order valence-corrected chi connectivity index (χ2v) is 5.14. The predicted octanol–water partition coefficient (Wildman–Crippen LogP) is 3.08. The van der Waals surface area contributed by atoms with Crippen molar-refractivity contribution in [3.63, 3.8) is 0 Å². The van der Waals surface area contributed by atoms with Crippen LogP contribution in [0.15, 0.2) is 24.3 Å². The molecule has 1 aliphatic heterocycles. The molecule has 1 aromatic carbocycles. The van der Waals surface area contributed by atoms with Gasteiger partial charge in [0.15, 0.2) is 0 Å². The van der Waals surface area contributed by atoms with Crippen molar-refractivity contribution in [3.8, 4) is 0 Å². The number of hydrogen-bond donors (Lipinski definition) is 1. The van der Waals surface area contributed by atoms with Crippen LogP contribution in [0, 0.1) is 0 Å². The van der Waals surface area contributed by atoms with Crippen molar-refractivity contribution >= 4 is 11.6 Å². The third-order valence-electron chi connectivity index (χ3n) is 3.72. The summed E-state index contributed by atoms with van der Waals surface area (Å²) in [5.41, 5.74) is 1.35. The Balaban J connectivity index is 2.10. The van der Waals surface area contributed by atoms with Crippen LogP contribution in [0.1, 0.15) is 31.9 Å². The van der Waals surface area contributed by atoms with Crippen LogP contribution in [-0.2, 0) is 0 Å². The topological polar surface area (TPSA) is 15.3 Å². The molecular formula is C14H21ClN2. The number of halogens is 1. The number of benzene rings is 1. The molecule has 1 aliphatic rings. The molecule has 0 aromatic heterocycles. The van der Waals surface area contributed by atoms with Crippen LogP contribution in [0.25, 0.3) is 0 Å². The van der Waals surface area contributed by atoms with Gasteiger partial charge < -0.3 is 5.32 Å². The Morgan fingerprint density at radius 1 is 1.41 bits per heavy atom. The van der Waals surface area contributed by atoms with Gasteiger partial charge >= 0.3 is 0 Å². The van der Waals surface area contributed by atoms with Crippen molar-refractivity contribution in [1.82, 2.24) is 10.2 Å². The van der Waals surface area contributed by atoms with Crippen LogP contribution in [0.3, 0.4) is 0 Å². The Morgan fingerprint density at radius 2 is 2.12 bits per heavy atom. The number of rotatable bonds is 4. The van der Waals surface area contributed by atoms with Crippen molar-refractivity contribution in [1.29, 1.82) is 0 Å². The highest BCUT2D eigenvalue weighted by atomic mass is 35.5. The highest BCUT2D eigenvalue weighted by Gasteiger charge is 2.25. The molecule has 0 spiro atoms. The molecule has 0 saturated carbocycles. The highest BCUT2D eigenvalue weighted by Crippen LogP contribution is 2.25. The van der Waals surface area contributed by atoms with Crippen LogP contribution in [-0.4, -0.2) is 30.6 Å². The zero-order valence-corrected chi connectivity index (χ0v) is 11.4. The highest BCUT2D eigenvalue weighted by molar-refractivity contribution is 6.30. The molecule has 1 aromatic rings. The molecule has 0 bridgehead atoms. The predicted molar refractivity (Wildman–Crippen MR) is 73.5 cm³/mol. The van der Waals surface area contributed by atoms with Gasteiger partial charge in [-0.25, -0.2) is 0 Å². The van der Waals surface area contributed by atoms with E-state index in [1.54, 1.807) is 0 Å². The first kappa shape index (κ1) is 12.9. The number of nitrogens with one attached hydrogen (secondary N) is 1. The van der Waals surface area contributed by atoms with Gasteiger partial charge in [0.2, 0.25) is 0 Å². The lowest BCUT2D eigenvalue weighted by Gasteiger charge is -2.33. The zero-order valence-electron chi connectivity index (χ0n) is 10.6. The SMILES string of the molecule is CCN(C1CCNC1)C(C)c1ccc(Cl)cc1. The van der Waals surface area contributed by atoms with Crippen LogP contribution < -0.4 is 5.32 Å². The summed E-state index contributed by atoms with van der Waals surface area (Å²) < 4.78 is 0. The van der Waals surface area contributed by atoms with E-state index >= 15 is 0 Å². The Morgan fingerprint density at radius 3 is 2.65 bits per heavy atom. The fourth-order valence-electron chi connectivity index (χ4n) is 2.70. The molecule has 2 rings (SSSR count). The fraction of sp³-hybridized carbons (Fsp3) is 0.571. The maximum absolute atomic E-state index is 5.93. The number of hydrogen-bond acceptors (Lipinski definition) is 2. The third kappa shape index (κ3) is 3.01. The van der Waals surface area contributed by atoms with Gasteiger partial charge in [0.05, 0.1) is 0 Å². The van der Waals surface area contributed by atoms with Crippen molar-refractivity contribution in [3.05, 3.63) is 34.9 Å². The first-order valence-corrected chi connectivity index (χ1v) is 6.82. The minimum Gasteiger partial charge on any atom is -0.315 e. The molecule has 1 heterocycles. The van der Waals surface area contributed by atoms with Gasteiger partial charge in [0.25, 0.3) is 0 Å². The molecule has 94 valence electrons. The van der Waals surface area contributed by atoms with Crippen LogP contribution >= 0.6 is 11.6 Å². The molecule has 3 heteroatoms. The maximum atomic E-state index is 5.93. The summed E-state index contributed by atoms with van der Waals surface area (Å²) in [4.78, 5) is 2.57.